The summed E-state index contributed by atoms with van der Waals surface area (Å²) in [5.41, 5.74) is -2.45. The van der Waals surface area contributed by atoms with E-state index in [2.05, 4.69) is 21.2 Å². The van der Waals surface area contributed by atoms with Crippen molar-refractivity contribution in [2.24, 2.45) is 0 Å². The number of carbonyl (C=O) groups is 2. The van der Waals surface area contributed by atoms with Gasteiger partial charge < -0.3 is 4.74 Å². The van der Waals surface area contributed by atoms with E-state index >= 15 is 0 Å². The number of hydrogen-bond acceptors (Lipinski definition) is 4. The van der Waals surface area contributed by atoms with Crippen LogP contribution in [0.25, 0.3) is 0 Å². The van der Waals surface area contributed by atoms with Gasteiger partial charge in [-0.25, -0.2) is 4.79 Å². The molecule has 1 amide bonds. The van der Waals surface area contributed by atoms with Crippen LogP contribution in [0.15, 0.2) is 40.9 Å². The van der Waals surface area contributed by atoms with Gasteiger partial charge in [0, 0.05) is 17.1 Å². The second-order valence-electron chi connectivity index (χ2n) is 9.03. The van der Waals surface area contributed by atoms with Crippen molar-refractivity contribution in [1.29, 1.82) is 0 Å². The van der Waals surface area contributed by atoms with E-state index in [0.29, 0.717) is 40.7 Å². The number of fused-ring (bicyclic) bond motifs is 1. The van der Waals surface area contributed by atoms with Crippen LogP contribution in [0.3, 0.4) is 0 Å². The lowest BCUT2D eigenvalue weighted by molar-refractivity contribution is -0.143. The lowest BCUT2D eigenvalue weighted by atomic mass is 9.94. The molecule has 0 fully saturated rings. The zero-order chi connectivity index (χ0) is 27.7. The van der Waals surface area contributed by atoms with Gasteiger partial charge in [0.1, 0.15) is 0 Å². The third kappa shape index (κ3) is 7.04. The van der Waals surface area contributed by atoms with Crippen LogP contribution in [0.4, 0.5) is 36.8 Å². The molecule has 1 heterocycles. The SMILES string of the molecule is CC(=O)C(NC1CCCN(C(=O)OC(C)C)c2cc(Br)ccc21)c1cc(C(F)(F)F)cc(C(F)(F)F)c1. The number of hydrogen-bond donors (Lipinski definition) is 1. The monoisotopic (exact) mass is 594 g/mol. The molecule has 5 nitrogen and oxygen atoms in total. The lowest BCUT2D eigenvalue weighted by Gasteiger charge is -2.28. The maximum Gasteiger partial charge on any atom is 0.416 e. The summed E-state index contributed by atoms with van der Waals surface area (Å²) in [4.78, 5) is 26.8. The summed E-state index contributed by atoms with van der Waals surface area (Å²) >= 11 is 3.36. The van der Waals surface area contributed by atoms with E-state index in [-0.39, 0.29) is 18.7 Å². The molecule has 0 radical (unpaired) electrons. The Morgan fingerprint density at radius 1 is 1.03 bits per heavy atom. The maximum atomic E-state index is 13.4. The molecule has 12 heteroatoms. The van der Waals surface area contributed by atoms with Crippen molar-refractivity contribution in [3.63, 3.8) is 0 Å². The average molecular weight is 595 g/mol. The van der Waals surface area contributed by atoms with Gasteiger partial charge in [-0.05, 0) is 75.1 Å². The molecule has 202 valence electrons. The van der Waals surface area contributed by atoms with E-state index in [9.17, 15) is 35.9 Å². The number of benzene rings is 2. The maximum absolute atomic E-state index is 13.4. The van der Waals surface area contributed by atoms with Gasteiger partial charge in [0.2, 0.25) is 0 Å². The number of nitrogens with one attached hydrogen (secondary N) is 1. The van der Waals surface area contributed by atoms with Crippen molar-refractivity contribution in [2.75, 3.05) is 11.4 Å². The molecule has 0 saturated carbocycles. The summed E-state index contributed by atoms with van der Waals surface area (Å²) < 4.78 is 86.6. The largest absolute Gasteiger partial charge is 0.446 e. The highest BCUT2D eigenvalue weighted by Crippen LogP contribution is 2.40. The van der Waals surface area contributed by atoms with Crippen LogP contribution in [0.2, 0.25) is 0 Å². The summed E-state index contributed by atoms with van der Waals surface area (Å²) in [6, 6.07) is 4.07. The number of ketones is 1. The fourth-order valence-corrected chi connectivity index (χ4v) is 4.55. The molecule has 2 unspecified atom stereocenters. The Bertz CT molecular complexity index is 1130. The molecule has 3 rings (SSSR count). The smallest absolute Gasteiger partial charge is 0.416 e. The molecule has 1 N–H and O–H groups in total. The number of alkyl halides is 6. The van der Waals surface area contributed by atoms with Gasteiger partial charge in [-0.3, -0.25) is 15.0 Å². The minimum Gasteiger partial charge on any atom is -0.446 e. The highest BCUT2D eigenvalue weighted by molar-refractivity contribution is 9.10. The number of halogens is 7. The van der Waals surface area contributed by atoms with Crippen LogP contribution in [0, 0.1) is 0 Å². The molecule has 0 bridgehead atoms. The molecule has 0 spiro atoms. The van der Waals surface area contributed by atoms with Crippen molar-refractivity contribution in [1.82, 2.24) is 5.32 Å². The number of rotatable bonds is 5. The molecule has 2 atom stereocenters. The molecule has 2 aromatic rings. The van der Waals surface area contributed by atoms with Crippen LogP contribution in [0.5, 0.6) is 0 Å². The molecule has 37 heavy (non-hydrogen) atoms. The van der Waals surface area contributed by atoms with E-state index in [4.69, 9.17) is 4.74 Å². The van der Waals surface area contributed by atoms with Crippen molar-refractivity contribution >= 4 is 33.5 Å². The number of ether oxygens (including phenoxy) is 1. The number of Topliss-reactive ketones (excluding diaryl/α,β-unsaturated/α-hetero) is 1. The minimum atomic E-state index is -5.05. The van der Waals surface area contributed by atoms with Gasteiger partial charge in [-0.1, -0.05) is 22.0 Å². The predicted octanol–water partition coefficient (Wildman–Crippen LogP) is 7.59. The number of anilines is 1. The summed E-state index contributed by atoms with van der Waals surface area (Å²) in [5.74, 6) is -0.661. The first kappa shape index (κ1) is 29.0. The fourth-order valence-electron chi connectivity index (χ4n) is 4.20. The predicted molar refractivity (Wildman–Crippen MR) is 128 cm³/mol. The summed E-state index contributed by atoms with van der Waals surface area (Å²) in [7, 11) is 0. The van der Waals surface area contributed by atoms with Gasteiger partial charge in [0.15, 0.2) is 5.78 Å². The third-order valence-corrected chi connectivity index (χ3v) is 6.30. The third-order valence-electron chi connectivity index (χ3n) is 5.81. The molecule has 0 saturated heterocycles. The Morgan fingerprint density at radius 2 is 1.62 bits per heavy atom. The highest BCUT2D eigenvalue weighted by Gasteiger charge is 2.38. The molecule has 0 aliphatic carbocycles. The zero-order valence-corrected chi connectivity index (χ0v) is 21.7. The molecule has 0 aromatic heterocycles. The summed E-state index contributed by atoms with van der Waals surface area (Å²) in [5, 5.41) is 2.97. The van der Waals surface area contributed by atoms with E-state index in [0.717, 1.165) is 6.92 Å². The Balaban J connectivity index is 2.06. The van der Waals surface area contributed by atoms with Crippen LogP contribution in [0.1, 0.15) is 68.0 Å². The molecule has 2 aromatic carbocycles. The van der Waals surface area contributed by atoms with E-state index in [1.165, 1.54) is 4.90 Å². The van der Waals surface area contributed by atoms with Gasteiger partial charge >= 0.3 is 18.4 Å². The van der Waals surface area contributed by atoms with E-state index in [1.807, 2.05) is 0 Å². The second-order valence-corrected chi connectivity index (χ2v) is 9.95. The Kier molecular flexibility index (Phi) is 8.63. The Hall–Kier alpha value is -2.60. The minimum absolute atomic E-state index is 0.0252. The molecule has 1 aliphatic heterocycles. The first-order valence-corrected chi connectivity index (χ1v) is 12.2. The normalized spacial score (nSPS) is 17.3. The van der Waals surface area contributed by atoms with Gasteiger partial charge in [-0.2, -0.15) is 26.3 Å². The fraction of sp³-hybridized carbons (Fsp3) is 0.440. The van der Waals surface area contributed by atoms with Crippen molar-refractivity contribution in [2.45, 2.75) is 64.2 Å². The average Bonchev–Trinajstić information content (AvgIpc) is 2.94. The topological polar surface area (TPSA) is 58.6 Å². The standard InChI is InChI=1S/C25H25BrF6N2O3/c1-13(2)37-23(36)34-8-4-5-20(19-7-6-18(26)12-21(19)34)33-22(14(3)35)15-9-16(24(27,28)29)11-17(10-15)25(30,31)32/h6-7,9-13,20,22,33H,4-5,8H2,1-3H3. The Morgan fingerprint density at radius 3 is 2.14 bits per heavy atom. The summed E-state index contributed by atoms with van der Waals surface area (Å²) in [6.45, 7) is 4.75. The van der Waals surface area contributed by atoms with Gasteiger partial charge in [-0.15, -0.1) is 0 Å². The highest BCUT2D eigenvalue weighted by atomic mass is 79.9. The first-order valence-electron chi connectivity index (χ1n) is 11.4. The quantitative estimate of drug-likeness (QED) is 0.362. The van der Waals surface area contributed by atoms with Crippen molar-refractivity contribution < 1.29 is 40.7 Å². The number of carbonyl (C=O) groups excluding carboxylic acids is 2. The molecular formula is C25H25BrF6N2O3. The van der Waals surface area contributed by atoms with Crippen LogP contribution in [-0.2, 0) is 21.9 Å². The Labute approximate surface area is 218 Å². The first-order chi connectivity index (χ1) is 17.1. The number of nitrogens with zero attached hydrogens (tertiary/aromatic N) is 1. The van der Waals surface area contributed by atoms with E-state index < -0.39 is 53.0 Å². The lowest BCUT2D eigenvalue weighted by Crippen LogP contribution is -2.34. The van der Waals surface area contributed by atoms with E-state index in [1.54, 1.807) is 32.0 Å². The second kappa shape index (κ2) is 11.0. The van der Waals surface area contributed by atoms with Crippen LogP contribution in [-0.4, -0.2) is 24.5 Å². The van der Waals surface area contributed by atoms with Crippen molar-refractivity contribution in [3.8, 4) is 0 Å². The number of amides is 1. The van der Waals surface area contributed by atoms with Crippen molar-refractivity contribution in [3.05, 3.63) is 63.1 Å². The van der Waals surface area contributed by atoms with Crippen LogP contribution < -0.4 is 10.2 Å². The van der Waals surface area contributed by atoms with Gasteiger partial charge in [0.25, 0.3) is 0 Å². The molecular weight excluding hydrogens is 570 g/mol. The zero-order valence-electron chi connectivity index (χ0n) is 20.1. The summed E-state index contributed by atoms with van der Waals surface area (Å²) in [6.07, 6.45) is -10.3. The molecule has 1 aliphatic rings. The van der Waals surface area contributed by atoms with Gasteiger partial charge in [0.05, 0.1) is 29.0 Å². The van der Waals surface area contributed by atoms with Crippen LogP contribution >= 0.6 is 15.9 Å².